The number of hydrogen-bond donors (Lipinski definition) is 2. The number of carbonyl (C=O) groups is 1. The molecule has 0 aliphatic rings. The van der Waals surface area contributed by atoms with E-state index in [1.54, 1.807) is 0 Å². The van der Waals surface area contributed by atoms with Gasteiger partial charge in [0, 0.05) is 11.1 Å². The fourth-order valence-electron chi connectivity index (χ4n) is 1.88. The molecule has 1 amide bonds. The van der Waals surface area contributed by atoms with Gasteiger partial charge < -0.3 is 10.2 Å². The zero-order valence-corrected chi connectivity index (χ0v) is 13.6. The second-order valence-electron chi connectivity index (χ2n) is 4.79. The van der Waals surface area contributed by atoms with Gasteiger partial charge in [0.1, 0.15) is 0 Å². The summed E-state index contributed by atoms with van der Waals surface area (Å²) in [6, 6.07) is 7.11. The van der Waals surface area contributed by atoms with Crippen LogP contribution in [0.15, 0.2) is 46.2 Å². The van der Waals surface area contributed by atoms with Gasteiger partial charge in [-0.3, -0.25) is 14.4 Å². The zero-order valence-electron chi connectivity index (χ0n) is 12.8. The van der Waals surface area contributed by atoms with Crippen LogP contribution in [0, 0.1) is 0 Å². The van der Waals surface area contributed by atoms with Crippen LogP contribution in [-0.2, 0) is 14.4 Å². The molecule has 0 saturated heterocycles. The summed E-state index contributed by atoms with van der Waals surface area (Å²) in [5.74, 6) is -1.83. The molecule has 0 unspecified atom stereocenters. The summed E-state index contributed by atoms with van der Waals surface area (Å²) < 4.78 is 56.2. The van der Waals surface area contributed by atoms with Crippen LogP contribution in [0.25, 0.3) is 11.1 Å². The highest BCUT2D eigenvalue weighted by Gasteiger charge is 2.19. The molecule has 0 fully saturated rings. The normalized spacial score (nSPS) is 12.2. The molecule has 2 aromatic rings. The zero-order chi connectivity index (χ0) is 18.6. The predicted octanol–water partition coefficient (Wildman–Crippen LogP) is 1.82. The van der Waals surface area contributed by atoms with Gasteiger partial charge in [-0.15, -0.1) is 0 Å². The predicted molar refractivity (Wildman–Crippen MR) is 84.1 cm³/mol. The SMILES string of the molecule is CS(=O)(=O)ON=C(N)NC(=O)c1cccc(-c2ccoc2C(F)F)c1. The summed E-state index contributed by atoms with van der Waals surface area (Å²) >= 11 is 0. The minimum absolute atomic E-state index is 0.0800. The molecule has 2 rings (SSSR count). The van der Waals surface area contributed by atoms with Gasteiger partial charge in [0.15, 0.2) is 5.76 Å². The number of nitrogens with one attached hydrogen (secondary N) is 1. The number of benzene rings is 1. The standard InChI is InChI=1S/C14H13F2N3O5S/c1-25(21,22)24-19-14(17)18-13(20)9-4-2-3-8(7-9)10-5-6-23-11(10)12(15)16/h2-7,12H,1H3,(H3,17,18,19,20). The van der Waals surface area contributed by atoms with E-state index in [4.69, 9.17) is 10.2 Å². The molecule has 25 heavy (non-hydrogen) atoms. The van der Waals surface area contributed by atoms with E-state index in [0.29, 0.717) is 5.56 Å². The quantitative estimate of drug-likeness (QED) is 0.468. The summed E-state index contributed by atoms with van der Waals surface area (Å²) in [5, 5.41) is 5.14. The second kappa shape index (κ2) is 7.30. The van der Waals surface area contributed by atoms with Crippen LogP contribution in [0.1, 0.15) is 22.5 Å². The second-order valence-corrected chi connectivity index (χ2v) is 6.35. The molecule has 0 atom stereocenters. The molecule has 0 saturated carbocycles. The number of alkyl halides is 2. The van der Waals surface area contributed by atoms with Crippen molar-refractivity contribution in [1.29, 1.82) is 0 Å². The Balaban J connectivity index is 2.21. The average molecular weight is 373 g/mol. The molecule has 1 aromatic carbocycles. The van der Waals surface area contributed by atoms with Crippen molar-refractivity contribution in [3.63, 3.8) is 0 Å². The minimum Gasteiger partial charge on any atom is -0.463 e. The average Bonchev–Trinajstić information content (AvgIpc) is 3.02. The number of oxime groups is 1. The van der Waals surface area contributed by atoms with E-state index in [1.807, 2.05) is 0 Å². The van der Waals surface area contributed by atoms with Gasteiger partial charge in [-0.1, -0.05) is 12.1 Å². The summed E-state index contributed by atoms with van der Waals surface area (Å²) in [6.45, 7) is 0. The molecular weight excluding hydrogens is 360 g/mol. The molecule has 0 aliphatic heterocycles. The Bertz CT molecular complexity index is 909. The smallest absolute Gasteiger partial charge is 0.325 e. The van der Waals surface area contributed by atoms with Gasteiger partial charge >= 0.3 is 10.1 Å². The summed E-state index contributed by atoms with van der Waals surface area (Å²) in [5.41, 5.74) is 5.89. The van der Waals surface area contributed by atoms with Crippen LogP contribution in [-0.4, -0.2) is 26.5 Å². The van der Waals surface area contributed by atoms with E-state index in [2.05, 4.69) is 14.8 Å². The van der Waals surface area contributed by atoms with Crippen molar-refractivity contribution in [3.8, 4) is 11.1 Å². The van der Waals surface area contributed by atoms with Gasteiger partial charge in [-0.25, -0.2) is 8.78 Å². The number of amides is 1. The van der Waals surface area contributed by atoms with Crippen molar-refractivity contribution in [3.05, 3.63) is 47.9 Å². The molecular formula is C14H13F2N3O5S. The lowest BCUT2D eigenvalue weighted by atomic mass is 10.0. The Morgan fingerprint density at radius 3 is 2.72 bits per heavy atom. The van der Waals surface area contributed by atoms with Gasteiger partial charge in [0.2, 0.25) is 5.96 Å². The first-order valence-electron chi connectivity index (χ1n) is 6.67. The first kappa shape index (κ1) is 18.4. The fraction of sp³-hybridized carbons (Fsp3) is 0.143. The summed E-state index contributed by atoms with van der Waals surface area (Å²) in [7, 11) is -3.87. The first-order chi connectivity index (χ1) is 11.7. The van der Waals surface area contributed by atoms with Crippen LogP contribution in [0.2, 0.25) is 0 Å². The number of hydrogen-bond acceptors (Lipinski definition) is 6. The molecule has 0 radical (unpaired) electrons. The molecule has 0 spiro atoms. The van der Waals surface area contributed by atoms with E-state index in [0.717, 1.165) is 12.5 Å². The lowest BCUT2D eigenvalue weighted by Crippen LogP contribution is -2.37. The van der Waals surface area contributed by atoms with Crippen molar-refractivity contribution in [2.45, 2.75) is 6.43 Å². The summed E-state index contributed by atoms with van der Waals surface area (Å²) in [6.07, 6.45) is -0.935. The van der Waals surface area contributed by atoms with Gasteiger partial charge in [0.25, 0.3) is 12.3 Å². The van der Waals surface area contributed by atoms with Gasteiger partial charge in [-0.2, -0.15) is 8.42 Å². The number of furan rings is 1. The number of carbonyl (C=O) groups excluding carboxylic acids is 1. The highest BCUT2D eigenvalue weighted by molar-refractivity contribution is 7.85. The van der Waals surface area contributed by atoms with Crippen molar-refractivity contribution in [2.75, 3.05) is 6.26 Å². The Morgan fingerprint density at radius 2 is 2.08 bits per heavy atom. The molecule has 8 nitrogen and oxygen atoms in total. The van der Waals surface area contributed by atoms with E-state index in [9.17, 15) is 22.0 Å². The molecule has 11 heteroatoms. The number of nitrogens with zero attached hydrogens (tertiary/aromatic N) is 1. The lowest BCUT2D eigenvalue weighted by Gasteiger charge is -2.06. The minimum atomic E-state index is -3.87. The molecule has 3 N–H and O–H groups in total. The highest BCUT2D eigenvalue weighted by atomic mass is 32.2. The molecule has 134 valence electrons. The maximum absolute atomic E-state index is 12.9. The van der Waals surface area contributed by atoms with Gasteiger partial charge in [-0.05, 0) is 28.9 Å². The number of nitrogens with two attached hydrogens (primary N) is 1. The van der Waals surface area contributed by atoms with Crippen LogP contribution >= 0.6 is 0 Å². The van der Waals surface area contributed by atoms with Crippen molar-refractivity contribution in [1.82, 2.24) is 5.32 Å². The Hall–Kier alpha value is -2.95. The molecule has 0 aliphatic carbocycles. The fourth-order valence-corrected chi connectivity index (χ4v) is 2.09. The van der Waals surface area contributed by atoms with Crippen molar-refractivity contribution >= 4 is 22.0 Å². The molecule has 1 heterocycles. The monoisotopic (exact) mass is 373 g/mol. The topological polar surface area (TPSA) is 124 Å². The first-order valence-corrected chi connectivity index (χ1v) is 8.48. The number of halogens is 2. The van der Waals surface area contributed by atoms with Gasteiger partial charge in [0.05, 0.1) is 12.5 Å². The van der Waals surface area contributed by atoms with E-state index < -0.39 is 34.2 Å². The molecule has 0 bridgehead atoms. The third kappa shape index (κ3) is 5.01. The summed E-state index contributed by atoms with van der Waals surface area (Å²) in [4.78, 5) is 12.1. The Morgan fingerprint density at radius 1 is 1.36 bits per heavy atom. The molecule has 1 aromatic heterocycles. The van der Waals surface area contributed by atoms with E-state index in [1.165, 1.54) is 30.3 Å². The maximum Gasteiger partial charge on any atom is 0.325 e. The van der Waals surface area contributed by atoms with Crippen molar-refractivity contribution in [2.24, 2.45) is 10.9 Å². The number of guanidine groups is 1. The number of rotatable bonds is 5. The van der Waals surface area contributed by atoms with Crippen molar-refractivity contribution < 1.29 is 30.7 Å². The third-order valence-electron chi connectivity index (χ3n) is 2.84. The highest BCUT2D eigenvalue weighted by Crippen LogP contribution is 2.32. The van der Waals surface area contributed by atoms with E-state index >= 15 is 0 Å². The van der Waals surface area contributed by atoms with E-state index in [-0.39, 0.29) is 11.1 Å². The Kier molecular flexibility index (Phi) is 5.37. The van der Waals surface area contributed by atoms with Crippen LogP contribution < -0.4 is 11.1 Å². The lowest BCUT2D eigenvalue weighted by molar-refractivity contribution is 0.0975. The Labute approximate surface area is 141 Å². The largest absolute Gasteiger partial charge is 0.463 e. The van der Waals surface area contributed by atoms with Crippen LogP contribution in [0.4, 0.5) is 8.78 Å². The maximum atomic E-state index is 12.9. The third-order valence-corrected chi connectivity index (χ3v) is 3.19. The van der Waals surface area contributed by atoms with Crippen LogP contribution in [0.5, 0.6) is 0 Å². The van der Waals surface area contributed by atoms with Crippen LogP contribution in [0.3, 0.4) is 0 Å².